The number of anilines is 1. The second kappa shape index (κ2) is 7.41. The Morgan fingerprint density at radius 1 is 1.16 bits per heavy atom. The van der Waals surface area contributed by atoms with Crippen LogP contribution in [-0.2, 0) is 10.0 Å². The van der Waals surface area contributed by atoms with Crippen LogP contribution in [-0.4, -0.2) is 25.8 Å². The number of benzene rings is 2. The van der Waals surface area contributed by atoms with E-state index in [1.807, 2.05) is 0 Å². The fraction of sp³-hybridized carbons (Fsp3) is 0.188. The normalized spacial score (nSPS) is 11.1. The highest BCUT2D eigenvalue weighted by atomic mass is 32.2. The Morgan fingerprint density at radius 3 is 2.36 bits per heavy atom. The largest absolute Gasteiger partial charge is 0.321 e. The SMILES string of the molecule is CCNS(=O)(=O)c1ccc(C(=O)Nc2cccc([N+](=O)[O-])c2C)cc1. The van der Waals surface area contributed by atoms with Gasteiger partial charge in [0.2, 0.25) is 10.0 Å². The molecule has 0 aromatic heterocycles. The Labute approximate surface area is 145 Å². The topological polar surface area (TPSA) is 118 Å². The zero-order valence-electron chi connectivity index (χ0n) is 13.6. The number of nitrogens with one attached hydrogen (secondary N) is 2. The molecule has 0 radical (unpaired) electrons. The smallest absolute Gasteiger partial charge is 0.274 e. The molecule has 9 heteroatoms. The summed E-state index contributed by atoms with van der Waals surface area (Å²) in [6.45, 7) is 3.47. The number of carbonyl (C=O) groups is 1. The van der Waals surface area contributed by atoms with Crippen LogP contribution in [0.5, 0.6) is 0 Å². The third-order valence-electron chi connectivity index (χ3n) is 3.51. The van der Waals surface area contributed by atoms with Crippen LogP contribution < -0.4 is 10.0 Å². The molecule has 1 amide bonds. The Morgan fingerprint density at radius 2 is 1.80 bits per heavy atom. The average molecular weight is 363 g/mol. The molecule has 0 saturated heterocycles. The minimum Gasteiger partial charge on any atom is -0.321 e. The first-order chi connectivity index (χ1) is 11.8. The third kappa shape index (κ3) is 4.20. The molecule has 2 aromatic carbocycles. The lowest BCUT2D eigenvalue weighted by Gasteiger charge is -2.09. The summed E-state index contributed by atoms with van der Waals surface area (Å²) in [5, 5.41) is 13.5. The molecular weight excluding hydrogens is 346 g/mol. The highest BCUT2D eigenvalue weighted by Crippen LogP contribution is 2.25. The monoisotopic (exact) mass is 363 g/mol. The number of nitrogens with zero attached hydrogens (tertiary/aromatic N) is 1. The molecule has 0 aliphatic carbocycles. The van der Waals surface area contributed by atoms with E-state index in [4.69, 9.17) is 0 Å². The minimum atomic E-state index is -3.59. The predicted molar refractivity (Wildman–Crippen MR) is 93.1 cm³/mol. The van der Waals surface area contributed by atoms with Crippen LogP contribution in [0.2, 0.25) is 0 Å². The van der Waals surface area contributed by atoms with Gasteiger partial charge in [0.05, 0.1) is 21.1 Å². The molecule has 0 aliphatic heterocycles. The standard InChI is InChI=1S/C16H17N3O5S/c1-3-17-25(23,24)13-9-7-12(8-10-13)16(20)18-14-5-4-6-15(11(14)2)19(21)22/h4-10,17H,3H2,1-2H3,(H,18,20). The van der Waals surface area contributed by atoms with Crippen molar-refractivity contribution in [2.75, 3.05) is 11.9 Å². The van der Waals surface area contributed by atoms with E-state index in [1.165, 1.54) is 36.4 Å². The van der Waals surface area contributed by atoms with Gasteiger partial charge in [0, 0.05) is 18.2 Å². The molecule has 0 atom stereocenters. The summed E-state index contributed by atoms with van der Waals surface area (Å²) < 4.78 is 26.1. The van der Waals surface area contributed by atoms with Crippen molar-refractivity contribution in [1.29, 1.82) is 0 Å². The predicted octanol–water partition coefficient (Wildman–Crippen LogP) is 2.45. The number of hydrogen-bond donors (Lipinski definition) is 2. The molecule has 132 valence electrons. The molecule has 0 unspecified atom stereocenters. The molecule has 25 heavy (non-hydrogen) atoms. The highest BCUT2D eigenvalue weighted by Gasteiger charge is 2.17. The maximum Gasteiger partial charge on any atom is 0.274 e. The van der Waals surface area contributed by atoms with Gasteiger partial charge in [-0.25, -0.2) is 13.1 Å². The van der Waals surface area contributed by atoms with Gasteiger partial charge in [0.15, 0.2) is 0 Å². The number of hydrogen-bond acceptors (Lipinski definition) is 5. The maximum atomic E-state index is 12.3. The van der Waals surface area contributed by atoms with Crippen LogP contribution in [0.4, 0.5) is 11.4 Å². The van der Waals surface area contributed by atoms with Gasteiger partial charge in [0.1, 0.15) is 0 Å². The maximum absolute atomic E-state index is 12.3. The summed E-state index contributed by atoms with van der Waals surface area (Å²) in [5.41, 5.74) is 0.807. The fourth-order valence-corrected chi connectivity index (χ4v) is 3.25. The van der Waals surface area contributed by atoms with Crippen molar-refractivity contribution >= 4 is 27.3 Å². The lowest BCUT2D eigenvalue weighted by atomic mass is 10.1. The van der Waals surface area contributed by atoms with Gasteiger partial charge in [-0.2, -0.15) is 0 Å². The van der Waals surface area contributed by atoms with Crippen LogP contribution >= 0.6 is 0 Å². The molecule has 2 N–H and O–H groups in total. The van der Waals surface area contributed by atoms with Gasteiger partial charge < -0.3 is 5.32 Å². The van der Waals surface area contributed by atoms with Crippen LogP contribution in [0.3, 0.4) is 0 Å². The summed E-state index contributed by atoms with van der Waals surface area (Å²) in [6, 6.07) is 9.81. The molecule has 0 saturated carbocycles. The van der Waals surface area contributed by atoms with Crippen molar-refractivity contribution in [1.82, 2.24) is 4.72 Å². The quantitative estimate of drug-likeness (QED) is 0.604. The molecular formula is C16H17N3O5S. The average Bonchev–Trinajstić information content (AvgIpc) is 2.56. The van der Waals surface area contributed by atoms with E-state index in [-0.39, 0.29) is 22.7 Å². The zero-order chi connectivity index (χ0) is 18.6. The summed E-state index contributed by atoms with van der Waals surface area (Å²) in [5.74, 6) is -0.490. The first-order valence-electron chi connectivity index (χ1n) is 7.41. The summed E-state index contributed by atoms with van der Waals surface area (Å²) in [6.07, 6.45) is 0. The summed E-state index contributed by atoms with van der Waals surface area (Å²) in [7, 11) is -3.59. The number of nitro benzene ring substituents is 1. The Bertz CT molecular complexity index is 908. The molecule has 0 aliphatic rings. The van der Waals surface area contributed by atoms with Crippen LogP contribution in [0.15, 0.2) is 47.4 Å². The Hall–Kier alpha value is -2.78. The fourth-order valence-electron chi connectivity index (χ4n) is 2.21. The van der Waals surface area contributed by atoms with Gasteiger partial charge in [-0.15, -0.1) is 0 Å². The van der Waals surface area contributed by atoms with E-state index < -0.39 is 20.9 Å². The van der Waals surface area contributed by atoms with Crippen molar-refractivity contribution in [3.8, 4) is 0 Å². The highest BCUT2D eigenvalue weighted by molar-refractivity contribution is 7.89. The molecule has 0 fully saturated rings. The summed E-state index contributed by atoms with van der Waals surface area (Å²) in [4.78, 5) is 22.8. The van der Waals surface area contributed by atoms with Crippen LogP contribution in [0, 0.1) is 17.0 Å². The van der Waals surface area contributed by atoms with E-state index in [9.17, 15) is 23.3 Å². The van der Waals surface area contributed by atoms with Gasteiger partial charge in [0.25, 0.3) is 11.6 Å². The Balaban J connectivity index is 2.23. The molecule has 2 aromatic rings. The summed E-state index contributed by atoms with van der Waals surface area (Å²) >= 11 is 0. The second-order valence-electron chi connectivity index (χ2n) is 5.19. The molecule has 2 rings (SSSR count). The van der Waals surface area contributed by atoms with Gasteiger partial charge in [-0.05, 0) is 37.3 Å². The third-order valence-corrected chi connectivity index (χ3v) is 5.07. The van der Waals surface area contributed by atoms with Crippen molar-refractivity contribution in [2.24, 2.45) is 0 Å². The number of sulfonamides is 1. The zero-order valence-corrected chi connectivity index (χ0v) is 14.5. The van der Waals surface area contributed by atoms with Crippen molar-refractivity contribution in [2.45, 2.75) is 18.7 Å². The molecule has 0 spiro atoms. The van der Waals surface area contributed by atoms with Crippen molar-refractivity contribution in [3.63, 3.8) is 0 Å². The molecule has 8 nitrogen and oxygen atoms in total. The van der Waals surface area contributed by atoms with E-state index in [1.54, 1.807) is 19.9 Å². The number of carbonyl (C=O) groups excluding carboxylic acids is 1. The minimum absolute atomic E-state index is 0.0532. The van der Waals surface area contributed by atoms with Gasteiger partial charge >= 0.3 is 0 Å². The lowest BCUT2D eigenvalue weighted by molar-refractivity contribution is -0.385. The van der Waals surface area contributed by atoms with Crippen molar-refractivity contribution < 1.29 is 18.1 Å². The second-order valence-corrected chi connectivity index (χ2v) is 6.95. The number of amides is 1. The molecule has 0 heterocycles. The first kappa shape index (κ1) is 18.6. The van der Waals surface area contributed by atoms with E-state index in [0.29, 0.717) is 11.3 Å². The molecule has 0 bridgehead atoms. The Kier molecular flexibility index (Phi) is 5.50. The van der Waals surface area contributed by atoms with Crippen LogP contribution in [0.25, 0.3) is 0 Å². The van der Waals surface area contributed by atoms with E-state index in [0.717, 1.165) is 0 Å². The van der Waals surface area contributed by atoms with Crippen LogP contribution in [0.1, 0.15) is 22.8 Å². The number of rotatable bonds is 6. The van der Waals surface area contributed by atoms with Gasteiger partial charge in [-0.1, -0.05) is 13.0 Å². The number of nitro groups is 1. The lowest BCUT2D eigenvalue weighted by Crippen LogP contribution is -2.23. The first-order valence-corrected chi connectivity index (χ1v) is 8.89. The van der Waals surface area contributed by atoms with Gasteiger partial charge in [-0.3, -0.25) is 14.9 Å². The van der Waals surface area contributed by atoms with E-state index in [2.05, 4.69) is 10.0 Å². The van der Waals surface area contributed by atoms with Crippen molar-refractivity contribution in [3.05, 3.63) is 63.7 Å². The van der Waals surface area contributed by atoms with E-state index >= 15 is 0 Å².